The number of rotatable bonds is 4. The minimum absolute atomic E-state index is 0.0439. The average molecular weight is 325 g/mol. The number of esters is 1. The van der Waals surface area contributed by atoms with E-state index >= 15 is 0 Å². The van der Waals surface area contributed by atoms with Crippen molar-refractivity contribution < 1.29 is 23.2 Å². The van der Waals surface area contributed by atoms with E-state index in [2.05, 4.69) is 25.7 Å². The summed E-state index contributed by atoms with van der Waals surface area (Å²) >= 11 is 2.74. The van der Waals surface area contributed by atoms with Crippen LogP contribution in [0.5, 0.6) is 0 Å². The van der Waals surface area contributed by atoms with Gasteiger partial charge in [-0.25, -0.2) is 18.6 Å². The molecular formula is C9H7BrF2N2O4. The number of alkyl halides is 2. The molecule has 0 aliphatic rings. The fourth-order valence-corrected chi connectivity index (χ4v) is 1.70. The van der Waals surface area contributed by atoms with Gasteiger partial charge in [0.15, 0.2) is 0 Å². The van der Waals surface area contributed by atoms with Crippen LogP contribution in [0.4, 0.5) is 14.5 Å². The molecule has 1 aromatic rings. The lowest BCUT2D eigenvalue weighted by atomic mass is 10.2. The molecule has 0 bridgehead atoms. The smallest absolute Gasteiger partial charge is 0.364 e. The van der Waals surface area contributed by atoms with Crippen molar-refractivity contribution in [3.63, 3.8) is 0 Å². The lowest BCUT2D eigenvalue weighted by molar-refractivity contribution is -0.387. The molecular weight excluding hydrogens is 318 g/mol. The van der Waals surface area contributed by atoms with Crippen LogP contribution in [0.3, 0.4) is 0 Å². The Hall–Kier alpha value is -1.64. The number of nitrogens with zero attached hydrogens (tertiary/aromatic N) is 2. The monoisotopic (exact) mass is 324 g/mol. The molecule has 0 N–H and O–H groups in total. The van der Waals surface area contributed by atoms with E-state index in [1.807, 2.05) is 0 Å². The normalized spacial score (nSPS) is 10.5. The molecule has 0 saturated heterocycles. The van der Waals surface area contributed by atoms with Crippen LogP contribution in [0.1, 0.15) is 29.4 Å². The highest BCUT2D eigenvalue weighted by Gasteiger charge is 2.33. The van der Waals surface area contributed by atoms with Crippen LogP contribution in [0.25, 0.3) is 0 Å². The Morgan fingerprint density at radius 3 is 2.72 bits per heavy atom. The van der Waals surface area contributed by atoms with Crippen LogP contribution in [0, 0.1) is 10.1 Å². The van der Waals surface area contributed by atoms with Crippen molar-refractivity contribution in [3.8, 4) is 0 Å². The molecule has 6 nitrogen and oxygen atoms in total. The van der Waals surface area contributed by atoms with Gasteiger partial charge in [-0.3, -0.25) is 10.1 Å². The van der Waals surface area contributed by atoms with Gasteiger partial charge in [0.05, 0.1) is 16.0 Å². The average Bonchev–Trinajstić information content (AvgIpc) is 2.27. The molecule has 0 amide bonds. The summed E-state index contributed by atoms with van der Waals surface area (Å²) < 4.78 is 29.8. The van der Waals surface area contributed by atoms with Crippen molar-refractivity contribution in [1.82, 2.24) is 4.98 Å². The van der Waals surface area contributed by atoms with E-state index in [1.54, 1.807) is 0 Å². The fraction of sp³-hybridized carbons (Fsp3) is 0.333. The third kappa shape index (κ3) is 2.78. The van der Waals surface area contributed by atoms with E-state index < -0.39 is 34.3 Å². The third-order valence-corrected chi connectivity index (χ3v) is 2.55. The second-order valence-corrected chi connectivity index (χ2v) is 3.85. The molecule has 0 aromatic carbocycles. The zero-order valence-electron chi connectivity index (χ0n) is 9.02. The minimum Gasteiger partial charge on any atom is -0.461 e. The van der Waals surface area contributed by atoms with E-state index in [0.29, 0.717) is 0 Å². The molecule has 0 fully saturated rings. The van der Waals surface area contributed by atoms with Gasteiger partial charge in [-0.05, 0) is 22.9 Å². The van der Waals surface area contributed by atoms with Crippen LogP contribution in [-0.2, 0) is 4.74 Å². The number of aromatic nitrogens is 1. The van der Waals surface area contributed by atoms with E-state index in [9.17, 15) is 23.7 Å². The van der Waals surface area contributed by atoms with Crippen molar-refractivity contribution in [2.24, 2.45) is 0 Å². The Morgan fingerprint density at radius 2 is 2.28 bits per heavy atom. The molecule has 0 aliphatic carbocycles. The number of ether oxygens (including phenoxy) is 1. The molecule has 0 aliphatic heterocycles. The largest absolute Gasteiger partial charge is 0.461 e. The molecule has 0 spiro atoms. The number of nitro groups is 1. The number of carbonyl (C=O) groups is 1. The quantitative estimate of drug-likeness (QED) is 0.483. The van der Waals surface area contributed by atoms with Crippen molar-refractivity contribution in [1.29, 1.82) is 0 Å². The zero-order valence-corrected chi connectivity index (χ0v) is 10.6. The number of pyridine rings is 1. The van der Waals surface area contributed by atoms with E-state index in [-0.39, 0.29) is 11.1 Å². The molecule has 98 valence electrons. The second-order valence-electron chi connectivity index (χ2n) is 3.00. The van der Waals surface area contributed by atoms with E-state index in [1.165, 1.54) is 6.92 Å². The van der Waals surface area contributed by atoms with Gasteiger partial charge in [0.2, 0.25) is 5.69 Å². The van der Waals surface area contributed by atoms with Crippen LogP contribution in [-0.4, -0.2) is 22.5 Å². The van der Waals surface area contributed by atoms with Gasteiger partial charge in [-0.1, -0.05) is 0 Å². The van der Waals surface area contributed by atoms with Gasteiger partial charge >= 0.3 is 11.7 Å². The van der Waals surface area contributed by atoms with Crippen LogP contribution in [0.15, 0.2) is 10.7 Å². The third-order valence-electron chi connectivity index (χ3n) is 1.91. The number of hydrogen-bond donors (Lipinski definition) is 0. The first-order valence-corrected chi connectivity index (χ1v) is 5.47. The Labute approximate surface area is 108 Å². The molecule has 0 saturated carbocycles. The fourth-order valence-electron chi connectivity index (χ4n) is 1.23. The molecule has 0 atom stereocenters. The van der Waals surface area contributed by atoms with Crippen LogP contribution >= 0.6 is 15.9 Å². The molecule has 1 rings (SSSR count). The summed E-state index contributed by atoms with van der Waals surface area (Å²) in [5.41, 5.74) is -2.67. The first-order valence-electron chi connectivity index (χ1n) is 4.68. The summed E-state index contributed by atoms with van der Waals surface area (Å²) in [7, 11) is 0. The number of halogens is 3. The van der Waals surface area contributed by atoms with Gasteiger partial charge in [0.1, 0.15) is 5.56 Å². The van der Waals surface area contributed by atoms with Crippen LogP contribution in [0.2, 0.25) is 0 Å². The molecule has 1 heterocycles. The standard InChI is InChI=1S/C9H7BrF2N2O4/c1-2-18-9(15)6-7(14(16)17)5(8(11)12)4(10)3-13-6/h3,8H,2H2,1H3. The maximum atomic E-state index is 12.8. The first kappa shape index (κ1) is 14.4. The Morgan fingerprint density at radius 1 is 1.67 bits per heavy atom. The van der Waals surface area contributed by atoms with Crippen molar-refractivity contribution >= 4 is 27.6 Å². The van der Waals surface area contributed by atoms with Crippen LogP contribution < -0.4 is 0 Å². The topological polar surface area (TPSA) is 82.3 Å². The Kier molecular flexibility index (Phi) is 4.65. The van der Waals surface area contributed by atoms with Gasteiger partial charge in [-0.15, -0.1) is 0 Å². The van der Waals surface area contributed by atoms with Gasteiger partial charge in [-0.2, -0.15) is 0 Å². The summed E-state index contributed by atoms with van der Waals surface area (Å²) in [6, 6.07) is 0. The second kappa shape index (κ2) is 5.80. The number of hydrogen-bond acceptors (Lipinski definition) is 5. The van der Waals surface area contributed by atoms with E-state index in [4.69, 9.17) is 0 Å². The Bertz CT molecular complexity index is 496. The summed E-state index contributed by atoms with van der Waals surface area (Å²) in [5.74, 6) is -1.11. The summed E-state index contributed by atoms with van der Waals surface area (Å²) in [6.07, 6.45) is -2.21. The highest BCUT2D eigenvalue weighted by molar-refractivity contribution is 9.10. The highest BCUT2D eigenvalue weighted by atomic mass is 79.9. The summed E-state index contributed by atoms with van der Waals surface area (Å²) in [4.78, 5) is 24.6. The molecule has 9 heteroatoms. The Balaban J connectivity index is 3.49. The SMILES string of the molecule is CCOC(=O)c1ncc(Br)c(C(F)F)c1[N+](=O)[O-]. The maximum absolute atomic E-state index is 12.8. The molecule has 0 radical (unpaired) electrons. The van der Waals surface area contributed by atoms with E-state index in [0.717, 1.165) is 6.20 Å². The number of carbonyl (C=O) groups excluding carboxylic acids is 1. The van der Waals surface area contributed by atoms with Gasteiger partial charge < -0.3 is 4.74 Å². The lowest BCUT2D eigenvalue weighted by Crippen LogP contribution is -2.12. The predicted molar refractivity (Wildman–Crippen MR) is 59.5 cm³/mol. The van der Waals surface area contributed by atoms with Crippen molar-refractivity contribution in [2.45, 2.75) is 13.3 Å². The zero-order chi connectivity index (χ0) is 13.9. The van der Waals surface area contributed by atoms with Crippen molar-refractivity contribution in [2.75, 3.05) is 6.61 Å². The minimum atomic E-state index is -3.11. The van der Waals surface area contributed by atoms with Crippen molar-refractivity contribution in [3.05, 3.63) is 32.0 Å². The molecule has 18 heavy (non-hydrogen) atoms. The summed E-state index contributed by atoms with van der Waals surface area (Å²) in [6.45, 7) is 1.44. The van der Waals surface area contributed by atoms with Gasteiger partial charge in [0.25, 0.3) is 6.43 Å². The predicted octanol–water partition coefficient (Wildman–Crippen LogP) is 2.87. The molecule has 1 aromatic heterocycles. The first-order chi connectivity index (χ1) is 8.40. The maximum Gasteiger partial charge on any atom is 0.364 e. The van der Waals surface area contributed by atoms with Gasteiger partial charge in [0, 0.05) is 6.20 Å². The lowest BCUT2D eigenvalue weighted by Gasteiger charge is -2.07. The summed E-state index contributed by atoms with van der Waals surface area (Å²) in [5, 5.41) is 10.8. The molecule has 0 unspecified atom stereocenters. The highest BCUT2D eigenvalue weighted by Crippen LogP contribution is 2.36.